The molecular formula is C23H18BrNO6. The minimum Gasteiger partial charge on any atom is -0.507 e. The fourth-order valence-electron chi connectivity index (χ4n) is 5.46. The van der Waals surface area contributed by atoms with Gasteiger partial charge in [0.15, 0.2) is 11.6 Å². The van der Waals surface area contributed by atoms with Crippen LogP contribution in [0.25, 0.3) is 0 Å². The van der Waals surface area contributed by atoms with E-state index < -0.39 is 35.5 Å². The summed E-state index contributed by atoms with van der Waals surface area (Å²) in [5.41, 5.74) is 2.41. The lowest BCUT2D eigenvalue weighted by atomic mass is 9.59. The molecule has 7 nitrogen and oxygen atoms in total. The molecule has 4 unspecified atom stereocenters. The predicted octanol–water partition coefficient (Wildman–Crippen LogP) is 2.85. The van der Waals surface area contributed by atoms with Crippen molar-refractivity contribution in [2.75, 3.05) is 0 Å². The van der Waals surface area contributed by atoms with Gasteiger partial charge in [0.1, 0.15) is 5.75 Å². The summed E-state index contributed by atoms with van der Waals surface area (Å²) in [6.45, 7) is 1.74. The number of carbonyl (C=O) groups excluding carboxylic acids is 4. The molecule has 3 aliphatic carbocycles. The van der Waals surface area contributed by atoms with Crippen LogP contribution in [0.4, 0.5) is 0 Å². The van der Waals surface area contributed by atoms with Crippen molar-refractivity contribution < 1.29 is 29.5 Å². The number of nitrogens with zero attached hydrogens (tertiary/aromatic N) is 1. The third kappa shape index (κ3) is 2.68. The van der Waals surface area contributed by atoms with E-state index in [1.54, 1.807) is 25.1 Å². The highest BCUT2D eigenvalue weighted by molar-refractivity contribution is 9.12. The number of para-hydroxylation sites is 1. The van der Waals surface area contributed by atoms with Crippen LogP contribution in [-0.4, -0.2) is 38.8 Å². The number of hydrogen-bond donors (Lipinski definition) is 2. The maximum atomic E-state index is 13.0. The maximum absolute atomic E-state index is 13.0. The molecule has 2 amide bonds. The van der Waals surface area contributed by atoms with Gasteiger partial charge in [-0.2, -0.15) is 5.06 Å². The average molecular weight is 484 g/mol. The van der Waals surface area contributed by atoms with E-state index in [1.807, 2.05) is 6.08 Å². The summed E-state index contributed by atoms with van der Waals surface area (Å²) in [7, 11) is 0. The number of imide groups is 1. The van der Waals surface area contributed by atoms with Crippen LogP contribution in [0, 0.1) is 24.7 Å². The second-order valence-corrected chi connectivity index (χ2v) is 9.25. The Kier molecular flexibility index (Phi) is 4.43. The van der Waals surface area contributed by atoms with Crippen LogP contribution in [0.5, 0.6) is 5.75 Å². The van der Waals surface area contributed by atoms with Gasteiger partial charge in [-0.1, -0.05) is 29.8 Å². The van der Waals surface area contributed by atoms with Crippen molar-refractivity contribution in [2.45, 2.75) is 25.7 Å². The van der Waals surface area contributed by atoms with Crippen LogP contribution < -0.4 is 0 Å². The van der Waals surface area contributed by atoms with Crippen LogP contribution in [0.1, 0.15) is 29.9 Å². The fraction of sp³-hybridized carbons (Fsp3) is 0.304. The van der Waals surface area contributed by atoms with Gasteiger partial charge in [-0.25, -0.2) is 0 Å². The number of phenols is 1. The van der Waals surface area contributed by atoms with E-state index in [-0.39, 0.29) is 45.3 Å². The summed E-state index contributed by atoms with van der Waals surface area (Å²) in [4.78, 5) is 51.1. The molecule has 1 aromatic rings. The van der Waals surface area contributed by atoms with Crippen molar-refractivity contribution in [3.8, 4) is 5.75 Å². The quantitative estimate of drug-likeness (QED) is 0.275. The molecule has 1 heterocycles. The summed E-state index contributed by atoms with van der Waals surface area (Å²) in [6.07, 6.45) is 3.43. The smallest absolute Gasteiger partial charge is 0.257 e. The Morgan fingerprint density at radius 3 is 2.58 bits per heavy atom. The number of phenolic OH excluding ortho intramolecular Hbond substituents is 1. The molecular weight excluding hydrogens is 466 g/mol. The SMILES string of the molecule is Cc1cccc(C2C3=CCC4C(=O)N(O)C(=O)C4C3CC3=C2C(=O)C=C(Br)C3=O)c1O. The van der Waals surface area contributed by atoms with E-state index in [0.717, 1.165) is 5.57 Å². The van der Waals surface area contributed by atoms with Gasteiger partial charge < -0.3 is 5.11 Å². The number of Topliss-reactive ketones (excluding diaryl/α,β-unsaturated/α-hetero) is 1. The number of hydroxylamine groups is 2. The van der Waals surface area contributed by atoms with Gasteiger partial charge in [0.2, 0.25) is 0 Å². The Morgan fingerprint density at radius 1 is 1.10 bits per heavy atom. The first kappa shape index (κ1) is 20.1. The van der Waals surface area contributed by atoms with Crippen molar-refractivity contribution in [2.24, 2.45) is 17.8 Å². The number of carbonyl (C=O) groups is 4. The lowest BCUT2D eigenvalue weighted by molar-refractivity contribution is -0.173. The number of halogens is 1. The Morgan fingerprint density at radius 2 is 1.84 bits per heavy atom. The normalized spacial score (nSPS) is 30.1. The van der Waals surface area contributed by atoms with Gasteiger partial charge in [0.25, 0.3) is 11.8 Å². The summed E-state index contributed by atoms with van der Waals surface area (Å²) < 4.78 is 0.140. The number of rotatable bonds is 1. The van der Waals surface area contributed by atoms with Crippen molar-refractivity contribution in [1.29, 1.82) is 0 Å². The minimum absolute atomic E-state index is 0.0227. The topological polar surface area (TPSA) is 112 Å². The van der Waals surface area contributed by atoms with Crippen molar-refractivity contribution >= 4 is 39.3 Å². The first-order valence-electron chi connectivity index (χ1n) is 9.96. The maximum Gasteiger partial charge on any atom is 0.257 e. The largest absolute Gasteiger partial charge is 0.507 e. The Balaban J connectivity index is 1.75. The van der Waals surface area contributed by atoms with Crippen LogP contribution in [0.3, 0.4) is 0 Å². The van der Waals surface area contributed by atoms with E-state index >= 15 is 0 Å². The fourth-order valence-corrected chi connectivity index (χ4v) is 5.91. The van der Waals surface area contributed by atoms with Crippen LogP contribution in [0.2, 0.25) is 0 Å². The monoisotopic (exact) mass is 483 g/mol. The molecule has 0 saturated carbocycles. The molecule has 31 heavy (non-hydrogen) atoms. The third-order valence-electron chi connectivity index (χ3n) is 6.89. The zero-order valence-electron chi connectivity index (χ0n) is 16.5. The van der Waals surface area contributed by atoms with Gasteiger partial charge >= 0.3 is 0 Å². The van der Waals surface area contributed by atoms with Crippen molar-refractivity contribution in [3.63, 3.8) is 0 Å². The van der Waals surface area contributed by atoms with Gasteiger partial charge in [-0.3, -0.25) is 24.4 Å². The molecule has 5 rings (SSSR count). The summed E-state index contributed by atoms with van der Waals surface area (Å²) in [5, 5.41) is 20.9. The number of aromatic hydroxyl groups is 1. The number of fused-ring (bicyclic) bond motifs is 3. The molecule has 0 bridgehead atoms. The number of aryl methyl sites for hydroxylation is 1. The second kappa shape index (κ2) is 6.83. The molecule has 4 atom stereocenters. The van der Waals surface area contributed by atoms with E-state index in [9.17, 15) is 29.5 Å². The number of benzene rings is 1. The zero-order chi connectivity index (χ0) is 22.2. The lowest BCUT2D eigenvalue weighted by Crippen LogP contribution is -2.39. The average Bonchev–Trinajstić information content (AvgIpc) is 2.97. The van der Waals surface area contributed by atoms with Crippen LogP contribution >= 0.6 is 15.9 Å². The molecule has 1 aliphatic heterocycles. The van der Waals surface area contributed by atoms with E-state index in [2.05, 4.69) is 15.9 Å². The lowest BCUT2D eigenvalue weighted by Gasteiger charge is -2.42. The zero-order valence-corrected chi connectivity index (χ0v) is 18.0. The summed E-state index contributed by atoms with van der Waals surface area (Å²) in [6, 6.07) is 5.21. The molecule has 0 spiro atoms. The Bertz CT molecular complexity index is 1190. The highest BCUT2D eigenvalue weighted by Crippen LogP contribution is 2.56. The van der Waals surface area contributed by atoms with Gasteiger partial charge in [-0.15, -0.1) is 0 Å². The van der Waals surface area contributed by atoms with E-state index in [0.29, 0.717) is 16.7 Å². The molecule has 0 aromatic heterocycles. The van der Waals surface area contributed by atoms with E-state index in [1.165, 1.54) is 6.08 Å². The number of allylic oxidation sites excluding steroid dienone is 6. The van der Waals surface area contributed by atoms with E-state index in [4.69, 9.17) is 0 Å². The number of ketones is 2. The molecule has 2 N–H and O–H groups in total. The van der Waals surface area contributed by atoms with Crippen LogP contribution in [-0.2, 0) is 19.2 Å². The predicted molar refractivity (Wildman–Crippen MR) is 111 cm³/mol. The minimum atomic E-state index is -0.811. The standard InChI is InChI=1S/C23H18BrNO6/c1-9-3-2-4-11(20(9)27)17-10-5-6-12-18(23(30)25(31)22(12)29)13(10)7-14-19(17)16(26)8-15(24)21(14)28/h2-5,8,12-13,17-18,27,31H,6-7H2,1H3. The Labute approximate surface area is 185 Å². The highest BCUT2D eigenvalue weighted by atomic mass is 79.9. The van der Waals surface area contributed by atoms with Gasteiger partial charge in [-0.05, 0) is 47.2 Å². The van der Waals surface area contributed by atoms with Crippen molar-refractivity contribution in [3.05, 3.63) is 62.7 Å². The van der Waals surface area contributed by atoms with Crippen molar-refractivity contribution in [1.82, 2.24) is 5.06 Å². The van der Waals surface area contributed by atoms with Gasteiger partial charge in [0.05, 0.1) is 16.3 Å². The first-order chi connectivity index (χ1) is 14.7. The molecule has 4 aliphatic rings. The number of amides is 2. The molecule has 0 radical (unpaired) electrons. The molecule has 1 aromatic carbocycles. The summed E-state index contributed by atoms with van der Waals surface area (Å²) >= 11 is 3.16. The van der Waals surface area contributed by atoms with Gasteiger partial charge in [0, 0.05) is 28.7 Å². The second-order valence-electron chi connectivity index (χ2n) is 8.39. The highest BCUT2D eigenvalue weighted by Gasteiger charge is 2.56. The first-order valence-corrected chi connectivity index (χ1v) is 10.8. The third-order valence-corrected chi connectivity index (χ3v) is 7.48. The Hall–Kier alpha value is -2.84. The molecule has 1 fully saturated rings. The molecule has 158 valence electrons. The number of hydrogen-bond acceptors (Lipinski definition) is 6. The summed E-state index contributed by atoms with van der Waals surface area (Å²) in [5.74, 6) is -4.74. The molecule has 1 saturated heterocycles. The van der Waals surface area contributed by atoms with Crippen LogP contribution in [0.15, 0.2) is 51.6 Å². The molecule has 8 heteroatoms.